The fraction of sp³-hybridized carbons (Fsp3) is 0.214. The second-order valence-electron chi connectivity index (χ2n) is 9.53. The van der Waals surface area contributed by atoms with Gasteiger partial charge in [0.05, 0.1) is 23.3 Å². The van der Waals surface area contributed by atoms with Crippen LogP contribution in [0.4, 0.5) is 4.39 Å². The number of nitrogens with two attached hydrogens (primary N) is 1. The van der Waals surface area contributed by atoms with E-state index in [0.717, 1.165) is 34.3 Å². The summed E-state index contributed by atoms with van der Waals surface area (Å²) in [7, 11) is 0. The van der Waals surface area contributed by atoms with Crippen molar-refractivity contribution >= 4 is 17.3 Å². The van der Waals surface area contributed by atoms with Gasteiger partial charge in [-0.25, -0.2) is 9.37 Å². The topological polar surface area (TPSA) is 102 Å². The average Bonchev–Trinajstić information content (AvgIpc) is 3.60. The van der Waals surface area contributed by atoms with Gasteiger partial charge in [-0.15, -0.1) is 0 Å². The predicted octanol–water partition coefficient (Wildman–Crippen LogP) is 3.92. The van der Waals surface area contributed by atoms with Crippen LogP contribution in [0, 0.1) is 30.5 Å². The number of hydrogen-bond donors (Lipinski definition) is 2. The maximum Gasteiger partial charge on any atom is 0.287 e. The number of amides is 2. The largest absolute Gasteiger partial charge is 0.369 e. The fourth-order valence-corrected chi connectivity index (χ4v) is 5.62. The zero-order valence-electron chi connectivity index (χ0n) is 19.6. The lowest BCUT2D eigenvalue weighted by molar-refractivity contribution is -0.123. The van der Waals surface area contributed by atoms with Crippen LogP contribution in [0.15, 0.2) is 73.2 Å². The molecule has 2 aliphatic rings. The van der Waals surface area contributed by atoms with Crippen LogP contribution in [0.1, 0.15) is 22.6 Å². The van der Waals surface area contributed by atoms with E-state index < -0.39 is 11.8 Å². The number of aromatic nitrogens is 3. The SMILES string of the molecule is Cc1cc(-c2ncccc2-c2ccn3c(C(=O)N[C@@H]4C5C=CC(C5)[C@@H]4C(N)=O)ncc3c2)ccc1F. The molecule has 2 unspecified atom stereocenters. The van der Waals surface area contributed by atoms with Gasteiger partial charge in [-0.05, 0) is 72.7 Å². The standard InChI is InChI=1S/C28H24FN5O2/c1-15-11-18(6-7-22(15)29)24-21(3-2-9-31-24)16-8-10-34-20(13-16)14-32-27(34)28(36)33-25-19-5-4-17(12-19)23(25)26(30)35/h2-11,13-14,17,19,23,25H,12H2,1H3,(H2,30,35)(H,33,36)/t17?,19?,23-,25+/m0/s1. The summed E-state index contributed by atoms with van der Waals surface area (Å²) in [6.07, 6.45) is 10.1. The Hall–Kier alpha value is -4.33. The van der Waals surface area contributed by atoms with Crippen LogP contribution < -0.4 is 11.1 Å². The molecule has 2 bridgehead atoms. The van der Waals surface area contributed by atoms with Crippen molar-refractivity contribution in [3.63, 3.8) is 0 Å². The molecule has 3 N–H and O–H groups in total. The van der Waals surface area contributed by atoms with Gasteiger partial charge in [0, 0.05) is 29.6 Å². The molecular formula is C28H24FN5O2. The summed E-state index contributed by atoms with van der Waals surface area (Å²) >= 11 is 0. The van der Waals surface area contributed by atoms with E-state index in [1.54, 1.807) is 42.0 Å². The molecule has 7 nitrogen and oxygen atoms in total. The number of pyridine rings is 2. The first-order valence-electron chi connectivity index (χ1n) is 11.9. The first-order valence-corrected chi connectivity index (χ1v) is 11.9. The zero-order chi connectivity index (χ0) is 25.0. The molecule has 2 aliphatic carbocycles. The van der Waals surface area contributed by atoms with Crippen LogP contribution in [0.5, 0.6) is 0 Å². The minimum Gasteiger partial charge on any atom is -0.369 e. The summed E-state index contributed by atoms with van der Waals surface area (Å²) < 4.78 is 15.5. The van der Waals surface area contributed by atoms with Crippen LogP contribution >= 0.6 is 0 Å². The van der Waals surface area contributed by atoms with Gasteiger partial charge in [-0.1, -0.05) is 18.2 Å². The number of rotatable bonds is 5. The molecular weight excluding hydrogens is 457 g/mol. The molecule has 4 aromatic rings. The second-order valence-corrected chi connectivity index (χ2v) is 9.53. The lowest BCUT2D eigenvalue weighted by atomic mass is 9.88. The zero-order valence-corrected chi connectivity index (χ0v) is 19.6. The Balaban J connectivity index is 1.31. The van der Waals surface area contributed by atoms with Gasteiger partial charge in [0.2, 0.25) is 11.7 Å². The summed E-state index contributed by atoms with van der Waals surface area (Å²) in [5, 5.41) is 3.01. The predicted molar refractivity (Wildman–Crippen MR) is 133 cm³/mol. The first kappa shape index (κ1) is 22.2. The minimum atomic E-state index is -0.402. The molecule has 3 heterocycles. The number of imidazole rings is 1. The molecule has 36 heavy (non-hydrogen) atoms. The van der Waals surface area contributed by atoms with E-state index >= 15 is 0 Å². The van der Waals surface area contributed by atoms with Crippen LogP contribution in [0.25, 0.3) is 27.9 Å². The van der Waals surface area contributed by atoms with Crippen LogP contribution in [0.2, 0.25) is 0 Å². The quantitative estimate of drug-likeness (QED) is 0.422. The Morgan fingerprint density at radius 2 is 1.92 bits per heavy atom. The van der Waals surface area contributed by atoms with Gasteiger partial charge in [-0.2, -0.15) is 0 Å². The van der Waals surface area contributed by atoms with Crippen molar-refractivity contribution in [2.24, 2.45) is 23.5 Å². The molecule has 1 saturated carbocycles. The number of carbonyl (C=O) groups is 2. The van der Waals surface area contributed by atoms with Gasteiger partial charge in [0.25, 0.3) is 5.91 Å². The van der Waals surface area contributed by atoms with Crippen molar-refractivity contribution in [2.75, 3.05) is 0 Å². The normalized spacial score (nSPS) is 22.3. The van der Waals surface area contributed by atoms with Gasteiger partial charge in [-0.3, -0.25) is 19.0 Å². The van der Waals surface area contributed by atoms with E-state index in [2.05, 4.69) is 21.4 Å². The fourth-order valence-electron chi connectivity index (χ4n) is 5.62. The number of halogens is 1. The molecule has 0 radical (unpaired) electrons. The first-order chi connectivity index (χ1) is 17.4. The molecule has 3 aromatic heterocycles. The number of benzene rings is 1. The van der Waals surface area contributed by atoms with E-state index in [-0.39, 0.29) is 35.4 Å². The molecule has 0 aliphatic heterocycles. The smallest absolute Gasteiger partial charge is 0.287 e. The van der Waals surface area contributed by atoms with Crippen molar-refractivity contribution in [3.05, 3.63) is 90.4 Å². The van der Waals surface area contributed by atoms with Gasteiger partial charge >= 0.3 is 0 Å². The highest BCUT2D eigenvalue weighted by Crippen LogP contribution is 2.43. The van der Waals surface area contributed by atoms with Crippen LogP contribution in [0.3, 0.4) is 0 Å². The van der Waals surface area contributed by atoms with E-state index in [4.69, 9.17) is 5.73 Å². The molecule has 6 rings (SSSR count). The van der Waals surface area contributed by atoms with Gasteiger partial charge in [0.1, 0.15) is 5.82 Å². The lowest BCUT2D eigenvalue weighted by Crippen LogP contribution is -2.48. The van der Waals surface area contributed by atoms with Crippen LogP contribution in [-0.2, 0) is 4.79 Å². The van der Waals surface area contributed by atoms with E-state index in [1.807, 2.05) is 30.3 Å². The van der Waals surface area contributed by atoms with Crippen molar-refractivity contribution < 1.29 is 14.0 Å². The lowest BCUT2D eigenvalue weighted by Gasteiger charge is -2.26. The number of carbonyl (C=O) groups excluding carboxylic acids is 2. The van der Waals surface area contributed by atoms with Crippen molar-refractivity contribution in [3.8, 4) is 22.4 Å². The average molecular weight is 482 g/mol. The number of aryl methyl sites for hydroxylation is 1. The van der Waals surface area contributed by atoms with E-state index in [9.17, 15) is 14.0 Å². The number of nitrogens with one attached hydrogen (secondary N) is 1. The van der Waals surface area contributed by atoms with Gasteiger partial charge < -0.3 is 11.1 Å². The number of primary amides is 1. The highest BCUT2D eigenvalue weighted by molar-refractivity contribution is 5.93. The molecule has 0 spiro atoms. The summed E-state index contributed by atoms with van der Waals surface area (Å²) in [6, 6.07) is 12.3. The molecule has 180 valence electrons. The minimum absolute atomic E-state index is 0.0796. The molecule has 1 fully saturated rings. The second kappa shape index (κ2) is 8.41. The Kier molecular flexibility index (Phi) is 5.17. The maximum absolute atomic E-state index is 13.8. The van der Waals surface area contributed by atoms with Crippen molar-refractivity contribution in [1.29, 1.82) is 0 Å². The molecule has 4 atom stereocenters. The highest BCUT2D eigenvalue weighted by Gasteiger charge is 2.48. The van der Waals surface area contributed by atoms with Crippen molar-refractivity contribution in [2.45, 2.75) is 19.4 Å². The summed E-state index contributed by atoms with van der Waals surface area (Å²) in [6.45, 7) is 1.73. The maximum atomic E-state index is 13.8. The van der Waals surface area contributed by atoms with E-state index in [1.165, 1.54) is 6.07 Å². The summed E-state index contributed by atoms with van der Waals surface area (Å²) in [4.78, 5) is 34.1. The third-order valence-corrected chi connectivity index (χ3v) is 7.37. The Bertz CT molecular complexity index is 1560. The molecule has 1 aromatic carbocycles. The number of allylic oxidation sites excluding steroid dienone is 1. The number of hydrogen-bond acceptors (Lipinski definition) is 4. The Morgan fingerprint density at radius 3 is 2.72 bits per heavy atom. The van der Waals surface area contributed by atoms with E-state index in [0.29, 0.717) is 5.56 Å². The third-order valence-electron chi connectivity index (χ3n) is 7.37. The third kappa shape index (κ3) is 3.57. The van der Waals surface area contributed by atoms with Gasteiger partial charge in [0.15, 0.2) is 0 Å². The Morgan fingerprint density at radius 1 is 1.08 bits per heavy atom. The van der Waals surface area contributed by atoms with Crippen molar-refractivity contribution in [1.82, 2.24) is 19.7 Å². The summed E-state index contributed by atoms with van der Waals surface area (Å²) in [5.41, 5.74) is 10.3. The number of fused-ring (bicyclic) bond motifs is 3. The highest BCUT2D eigenvalue weighted by atomic mass is 19.1. The molecule has 2 amide bonds. The Labute approximate surface area is 206 Å². The molecule has 0 saturated heterocycles. The molecule has 8 heteroatoms. The summed E-state index contributed by atoms with van der Waals surface area (Å²) in [5.74, 6) is -0.967. The van der Waals surface area contributed by atoms with Crippen LogP contribution in [-0.4, -0.2) is 32.2 Å². The number of nitrogens with zero attached hydrogens (tertiary/aromatic N) is 3. The monoisotopic (exact) mass is 481 g/mol.